The first-order chi connectivity index (χ1) is 7.54. The van der Waals surface area contributed by atoms with Gasteiger partial charge in [-0.1, -0.05) is 18.5 Å². The molecular weight excluding hydrogens is 228 g/mol. The molecule has 1 atom stereocenters. The fourth-order valence-corrected chi connectivity index (χ4v) is 1.44. The van der Waals surface area contributed by atoms with E-state index in [0.717, 1.165) is 5.69 Å². The Morgan fingerprint density at radius 2 is 2.38 bits per heavy atom. The number of pyridine rings is 1. The number of hydrogen-bond donors (Lipinski definition) is 2. The second-order valence-electron chi connectivity index (χ2n) is 3.58. The predicted octanol–water partition coefficient (Wildman–Crippen LogP) is 1.54. The van der Waals surface area contributed by atoms with Gasteiger partial charge in [0.15, 0.2) is 0 Å². The predicted molar refractivity (Wildman–Crippen MR) is 62.6 cm³/mol. The zero-order chi connectivity index (χ0) is 12.1. The molecule has 0 spiro atoms. The Bertz CT molecular complexity index is 382. The molecule has 0 aliphatic heterocycles. The Morgan fingerprint density at radius 1 is 1.69 bits per heavy atom. The van der Waals surface area contributed by atoms with Crippen LogP contribution in [-0.4, -0.2) is 28.6 Å². The molecule has 2 N–H and O–H groups in total. The van der Waals surface area contributed by atoms with E-state index >= 15 is 0 Å². The summed E-state index contributed by atoms with van der Waals surface area (Å²) in [7, 11) is 0. The number of aliphatic hydroxyl groups is 1. The number of aryl methyl sites for hydroxylation is 1. The second-order valence-corrected chi connectivity index (χ2v) is 3.98. The molecule has 1 amide bonds. The number of nitrogens with zero attached hydrogens (tertiary/aromatic N) is 1. The molecule has 0 aliphatic rings. The largest absolute Gasteiger partial charge is 0.391 e. The zero-order valence-corrected chi connectivity index (χ0v) is 10.1. The molecule has 0 saturated carbocycles. The number of carbonyl (C=O) groups excluding carboxylic acids is 1. The van der Waals surface area contributed by atoms with Crippen LogP contribution in [0.3, 0.4) is 0 Å². The summed E-state index contributed by atoms with van der Waals surface area (Å²) in [6, 6.07) is 1.63. The van der Waals surface area contributed by atoms with Crippen molar-refractivity contribution in [3.05, 3.63) is 28.5 Å². The average Bonchev–Trinajstić information content (AvgIpc) is 2.25. The summed E-state index contributed by atoms with van der Waals surface area (Å²) in [5.41, 5.74) is 1.09. The Balaban J connectivity index is 2.66. The van der Waals surface area contributed by atoms with Gasteiger partial charge in [-0.15, -0.1) is 0 Å². The van der Waals surface area contributed by atoms with Crippen molar-refractivity contribution in [2.24, 2.45) is 0 Å². The van der Waals surface area contributed by atoms with Crippen molar-refractivity contribution < 1.29 is 9.90 Å². The van der Waals surface area contributed by atoms with Crippen LogP contribution in [0.5, 0.6) is 0 Å². The highest BCUT2D eigenvalue weighted by atomic mass is 35.5. The molecule has 1 unspecified atom stereocenters. The van der Waals surface area contributed by atoms with Crippen molar-refractivity contribution in [1.29, 1.82) is 0 Å². The Labute approximate surface area is 99.6 Å². The van der Waals surface area contributed by atoms with Gasteiger partial charge in [0.1, 0.15) is 0 Å². The maximum atomic E-state index is 11.7. The van der Waals surface area contributed by atoms with E-state index < -0.39 is 6.10 Å². The molecule has 0 aromatic carbocycles. The molecule has 0 aliphatic carbocycles. The number of rotatable bonds is 4. The second kappa shape index (κ2) is 5.82. The van der Waals surface area contributed by atoms with Crippen molar-refractivity contribution in [2.75, 3.05) is 6.54 Å². The van der Waals surface area contributed by atoms with Gasteiger partial charge in [0.2, 0.25) is 0 Å². The van der Waals surface area contributed by atoms with Crippen LogP contribution in [-0.2, 0) is 0 Å². The molecule has 0 bridgehead atoms. The number of nitrogens with one attached hydrogen (secondary N) is 1. The first-order valence-corrected chi connectivity index (χ1v) is 5.50. The summed E-state index contributed by atoms with van der Waals surface area (Å²) in [6.45, 7) is 3.87. The Hall–Kier alpha value is -1.13. The van der Waals surface area contributed by atoms with Gasteiger partial charge in [-0.05, 0) is 19.4 Å². The molecule has 5 heteroatoms. The van der Waals surface area contributed by atoms with Crippen molar-refractivity contribution in [3.8, 4) is 0 Å². The standard InChI is InChI=1S/C11H15ClN2O2/c1-3-8(15)5-14-11(16)9-6-13-7(2)4-10(9)12/h4,6,8,15H,3,5H2,1-2H3,(H,14,16). The highest BCUT2D eigenvalue weighted by Crippen LogP contribution is 2.15. The van der Waals surface area contributed by atoms with E-state index in [2.05, 4.69) is 10.3 Å². The highest BCUT2D eigenvalue weighted by molar-refractivity contribution is 6.33. The van der Waals surface area contributed by atoms with Gasteiger partial charge in [0, 0.05) is 18.4 Å². The maximum Gasteiger partial charge on any atom is 0.254 e. The summed E-state index contributed by atoms with van der Waals surface area (Å²) >= 11 is 5.91. The zero-order valence-electron chi connectivity index (χ0n) is 9.33. The molecule has 88 valence electrons. The lowest BCUT2D eigenvalue weighted by Crippen LogP contribution is -2.31. The topological polar surface area (TPSA) is 62.2 Å². The summed E-state index contributed by atoms with van der Waals surface area (Å²) in [4.78, 5) is 15.7. The van der Waals surface area contributed by atoms with E-state index in [-0.39, 0.29) is 12.5 Å². The van der Waals surface area contributed by atoms with E-state index in [1.54, 1.807) is 13.0 Å². The lowest BCUT2D eigenvalue weighted by atomic mass is 10.2. The Kier molecular flexibility index (Phi) is 4.71. The van der Waals surface area contributed by atoms with Gasteiger partial charge in [-0.2, -0.15) is 0 Å². The summed E-state index contributed by atoms with van der Waals surface area (Å²) < 4.78 is 0. The first kappa shape index (κ1) is 12.9. The molecule has 0 radical (unpaired) electrons. The van der Waals surface area contributed by atoms with Crippen molar-refractivity contribution in [1.82, 2.24) is 10.3 Å². The molecule has 1 aromatic rings. The first-order valence-electron chi connectivity index (χ1n) is 5.13. The van der Waals surface area contributed by atoms with Gasteiger partial charge in [-0.3, -0.25) is 9.78 Å². The number of carbonyl (C=O) groups is 1. The molecular formula is C11H15ClN2O2. The molecule has 0 fully saturated rings. The van der Waals surface area contributed by atoms with Gasteiger partial charge in [0.25, 0.3) is 5.91 Å². The summed E-state index contributed by atoms with van der Waals surface area (Å²) in [6.07, 6.45) is 1.51. The van der Waals surface area contributed by atoms with E-state index in [1.807, 2.05) is 6.92 Å². The van der Waals surface area contributed by atoms with Crippen LogP contribution in [0.4, 0.5) is 0 Å². The third-order valence-corrected chi connectivity index (χ3v) is 2.52. The molecule has 0 saturated heterocycles. The fraction of sp³-hybridized carbons (Fsp3) is 0.455. The lowest BCUT2D eigenvalue weighted by Gasteiger charge is -2.10. The number of amides is 1. The van der Waals surface area contributed by atoms with Gasteiger partial charge < -0.3 is 10.4 Å². The van der Waals surface area contributed by atoms with Crippen molar-refractivity contribution in [3.63, 3.8) is 0 Å². The van der Waals surface area contributed by atoms with Crippen LogP contribution in [0, 0.1) is 6.92 Å². The van der Waals surface area contributed by atoms with Crippen LogP contribution in [0.15, 0.2) is 12.3 Å². The number of aromatic nitrogens is 1. The Morgan fingerprint density at radius 3 is 2.94 bits per heavy atom. The van der Waals surface area contributed by atoms with Crippen molar-refractivity contribution >= 4 is 17.5 Å². The average molecular weight is 243 g/mol. The quantitative estimate of drug-likeness (QED) is 0.842. The molecule has 1 heterocycles. The minimum absolute atomic E-state index is 0.222. The number of aliphatic hydroxyl groups excluding tert-OH is 1. The van der Waals surface area contributed by atoms with E-state index in [9.17, 15) is 9.90 Å². The minimum Gasteiger partial charge on any atom is -0.391 e. The molecule has 4 nitrogen and oxygen atoms in total. The summed E-state index contributed by atoms with van der Waals surface area (Å²) in [5, 5.41) is 12.3. The third-order valence-electron chi connectivity index (χ3n) is 2.20. The van der Waals surface area contributed by atoms with Crippen LogP contribution in [0.1, 0.15) is 29.4 Å². The third kappa shape index (κ3) is 3.47. The van der Waals surface area contributed by atoms with Crippen LogP contribution >= 0.6 is 11.6 Å². The number of halogens is 1. The SMILES string of the molecule is CCC(O)CNC(=O)c1cnc(C)cc1Cl. The van der Waals surface area contributed by atoms with E-state index in [1.165, 1.54) is 6.20 Å². The number of hydrogen-bond acceptors (Lipinski definition) is 3. The maximum absolute atomic E-state index is 11.7. The van der Waals surface area contributed by atoms with Gasteiger partial charge >= 0.3 is 0 Å². The molecule has 1 aromatic heterocycles. The monoisotopic (exact) mass is 242 g/mol. The van der Waals surface area contributed by atoms with Crippen molar-refractivity contribution in [2.45, 2.75) is 26.4 Å². The van der Waals surface area contributed by atoms with Gasteiger partial charge in [-0.25, -0.2) is 0 Å². The van der Waals surface area contributed by atoms with Crippen LogP contribution in [0.2, 0.25) is 5.02 Å². The van der Waals surface area contributed by atoms with Crippen LogP contribution < -0.4 is 5.32 Å². The fourth-order valence-electron chi connectivity index (χ4n) is 1.14. The lowest BCUT2D eigenvalue weighted by molar-refractivity contribution is 0.0913. The highest BCUT2D eigenvalue weighted by Gasteiger charge is 2.11. The molecule has 1 rings (SSSR count). The normalized spacial score (nSPS) is 12.2. The molecule has 16 heavy (non-hydrogen) atoms. The van der Waals surface area contributed by atoms with Gasteiger partial charge in [0.05, 0.1) is 16.7 Å². The van der Waals surface area contributed by atoms with Crippen LogP contribution in [0.25, 0.3) is 0 Å². The minimum atomic E-state index is -0.527. The van der Waals surface area contributed by atoms with E-state index in [0.29, 0.717) is 17.0 Å². The van der Waals surface area contributed by atoms with E-state index in [4.69, 9.17) is 11.6 Å². The smallest absolute Gasteiger partial charge is 0.254 e. The summed E-state index contributed by atoms with van der Waals surface area (Å²) in [5.74, 6) is -0.315.